The second kappa shape index (κ2) is 8.30. The predicted octanol–water partition coefficient (Wildman–Crippen LogP) is 4.58. The monoisotopic (exact) mass is 524 g/mol. The summed E-state index contributed by atoms with van der Waals surface area (Å²) >= 11 is 0. The first-order valence-electron chi connectivity index (χ1n) is 13.7. The predicted molar refractivity (Wildman–Crippen MR) is 133 cm³/mol. The largest absolute Gasteiger partial charge is 0.472 e. The Balaban J connectivity index is 1.50. The third kappa shape index (κ3) is 3.27. The number of esters is 3. The standard InChI is InChI=1S/C30H36O8/c1-15(2)27(34)38-26-18-10-17-19(30(5,24(18)33)21-12-22(31)36-14-29(21,26)4)6-8-28(3)20(17)11-23(32)37-25(28)16-7-9-35-13-16/h7,9-10,13,15,18-21,25-26H,6,8,11-12,14H2,1-5H3. The Morgan fingerprint density at radius 3 is 2.50 bits per heavy atom. The van der Waals surface area contributed by atoms with Gasteiger partial charge < -0.3 is 18.6 Å². The Labute approximate surface area is 222 Å². The molecule has 6 rings (SSSR count). The summed E-state index contributed by atoms with van der Waals surface area (Å²) in [6.45, 7) is 9.80. The van der Waals surface area contributed by atoms with Crippen molar-refractivity contribution in [3.63, 3.8) is 0 Å². The maximum absolute atomic E-state index is 14.3. The van der Waals surface area contributed by atoms with Gasteiger partial charge in [-0.25, -0.2) is 0 Å². The van der Waals surface area contributed by atoms with Crippen LogP contribution in [0.25, 0.3) is 0 Å². The Morgan fingerprint density at radius 2 is 1.82 bits per heavy atom. The lowest BCUT2D eigenvalue weighted by molar-refractivity contribution is -0.219. The quantitative estimate of drug-likeness (QED) is 0.321. The van der Waals surface area contributed by atoms with Crippen LogP contribution in [0, 0.1) is 45.8 Å². The van der Waals surface area contributed by atoms with Gasteiger partial charge in [-0.3, -0.25) is 19.2 Å². The number of hydrogen-bond donors (Lipinski definition) is 0. The molecular formula is C30H36O8. The van der Waals surface area contributed by atoms with E-state index in [0.29, 0.717) is 0 Å². The highest BCUT2D eigenvalue weighted by Crippen LogP contribution is 2.68. The molecule has 2 bridgehead atoms. The summed E-state index contributed by atoms with van der Waals surface area (Å²) in [5, 5.41) is 0. The highest BCUT2D eigenvalue weighted by molar-refractivity contribution is 5.94. The van der Waals surface area contributed by atoms with Gasteiger partial charge in [-0.2, -0.15) is 0 Å². The smallest absolute Gasteiger partial charge is 0.308 e. The summed E-state index contributed by atoms with van der Waals surface area (Å²) in [5.41, 5.74) is -0.0159. The zero-order valence-electron chi connectivity index (χ0n) is 22.7. The van der Waals surface area contributed by atoms with Crippen LogP contribution in [-0.4, -0.2) is 36.4 Å². The van der Waals surface area contributed by atoms with Crippen molar-refractivity contribution in [2.24, 2.45) is 45.8 Å². The highest BCUT2D eigenvalue weighted by Gasteiger charge is 2.71. The van der Waals surface area contributed by atoms with E-state index in [1.165, 1.54) is 0 Å². The first kappa shape index (κ1) is 25.4. The molecule has 1 aromatic heterocycles. The fourth-order valence-corrected chi connectivity index (χ4v) is 8.62. The molecule has 0 radical (unpaired) electrons. The van der Waals surface area contributed by atoms with Gasteiger partial charge in [-0.15, -0.1) is 0 Å². The lowest BCUT2D eigenvalue weighted by Crippen LogP contribution is -2.69. The van der Waals surface area contributed by atoms with E-state index in [1.54, 1.807) is 26.4 Å². The average Bonchev–Trinajstić information content (AvgIpc) is 3.40. The Bertz CT molecular complexity index is 1230. The summed E-state index contributed by atoms with van der Waals surface area (Å²) in [4.78, 5) is 52.8. The number of carbonyl (C=O) groups excluding carboxylic acids is 4. The van der Waals surface area contributed by atoms with Gasteiger partial charge in [-0.1, -0.05) is 46.3 Å². The number of allylic oxidation sites excluding steroid dienone is 1. The SMILES string of the molecule is CC(C)C(=O)OC1C2C=C3C4CC(=O)OC(c5ccoc5)C4(C)CCC3C(C)(C2=O)C2CC(=O)OCC12C. The molecule has 0 N–H and O–H groups in total. The molecule has 204 valence electrons. The summed E-state index contributed by atoms with van der Waals surface area (Å²) in [6, 6.07) is 1.84. The number of ketones is 1. The molecule has 2 saturated carbocycles. The molecule has 3 aliphatic carbocycles. The Hall–Kier alpha value is -2.90. The van der Waals surface area contributed by atoms with Crippen LogP contribution >= 0.6 is 0 Å². The molecule has 0 amide bonds. The van der Waals surface area contributed by atoms with Gasteiger partial charge in [0.15, 0.2) is 0 Å². The Morgan fingerprint density at radius 1 is 1.05 bits per heavy atom. The molecule has 5 aliphatic rings. The third-order valence-corrected chi connectivity index (χ3v) is 10.7. The summed E-state index contributed by atoms with van der Waals surface area (Å²) in [6.07, 6.45) is 5.85. The maximum Gasteiger partial charge on any atom is 0.308 e. The summed E-state index contributed by atoms with van der Waals surface area (Å²) in [5.74, 6) is -2.58. The first-order chi connectivity index (χ1) is 17.9. The van der Waals surface area contributed by atoms with Crippen LogP contribution in [-0.2, 0) is 33.4 Å². The van der Waals surface area contributed by atoms with E-state index < -0.39 is 29.0 Å². The van der Waals surface area contributed by atoms with Crippen molar-refractivity contribution in [3.05, 3.63) is 35.8 Å². The van der Waals surface area contributed by atoms with E-state index in [9.17, 15) is 19.2 Å². The minimum absolute atomic E-state index is 0.0263. The highest BCUT2D eigenvalue weighted by atomic mass is 16.6. The molecule has 0 spiro atoms. The minimum Gasteiger partial charge on any atom is -0.472 e. The van der Waals surface area contributed by atoms with Gasteiger partial charge in [0, 0.05) is 21.8 Å². The summed E-state index contributed by atoms with van der Waals surface area (Å²) in [7, 11) is 0. The van der Waals surface area contributed by atoms with E-state index in [2.05, 4.69) is 6.92 Å². The van der Waals surface area contributed by atoms with E-state index in [4.69, 9.17) is 18.6 Å². The molecule has 2 aliphatic heterocycles. The number of fused-ring (bicyclic) bond motifs is 8. The van der Waals surface area contributed by atoms with Crippen LogP contribution in [0.5, 0.6) is 0 Å². The average molecular weight is 525 g/mol. The molecule has 38 heavy (non-hydrogen) atoms. The van der Waals surface area contributed by atoms with Crippen molar-refractivity contribution in [3.8, 4) is 0 Å². The van der Waals surface area contributed by atoms with Crippen molar-refractivity contribution in [2.45, 2.75) is 72.5 Å². The minimum atomic E-state index is -0.836. The number of furan rings is 1. The number of cyclic esters (lactones) is 2. The van der Waals surface area contributed by atoms with E-state index in [1.807, 2.05) is 26.0 Å². The fraction of sp³-hybridized carbons (Fsp3) is 0.667. The lowest BCUT2D eigenvalue weighted by Gasteiger charge is -2.65. The van der Waals surface area contributed by atoms with Gasteiger partial charge in [0.2, 0.25) is 0 Å². The third-order valence-electron chi connectivity index (χ3n) is 10.7. The van der Waals surface area contributed by atoms with Gasteiger partial charge in [-0.05, 0) is 36.7 Å². The first-order valence-corrected chi connectivity index (χ1v) is 13.7. The second-order valence-corrected chi connectivity index (χ2v) is 13.1. The van der Waals surface area contributed by atoms with Crippen LogP contribution in [0.2, 0.25) is 0 Å². The van der Waals surface area contributed by atoms with Crippen LogP contribution in [0.15, 0.2) is 34.7 Å². The van der Waals surface area contributed by atoms with Crippen molar-refractivity contribution in [2.75, 3.05) is 6.61 Å². The number of Topliss-reactive ketones (excluding diaryl/α,β-unsaturated/α-hetero) is 1. The van der Waals surface area contributed by atoms with Gasteiger partial charge in [0.05, 0.1) is 37.2 Å². The molecule has 9 atom stereocenters. The molecule has 1 aromatic rings. The number of hydrogen-bond acceptors (Lipinski definition) is 8. The van der Waals surface area contributed by atoms with Crippen molar-refractivity contribution in [1.29, 1.82) is 0 Å². The maximum atomic E-state index is 14.3. The Kier molecular flexibility index (Phi) is 5.54. The molecule has 8 heteroatoms. The molecule has 0 aromatic carbocycles. The molecule has 4 fully saturated rings. The van der Waals surface area contributed by atoms with E-state index in [-0.39, 0.29) is 72.2 Å². The van der Waals surface area contributed by atoms with Crippen molar-refractivity contribution < 1.29 is 37.8 Å². The van der Waals surface area contributed by atoms with Gasteiger partial charge >= 0.3 is 17.9 Å². The van der Waals surface area contributed by atoms with Crippen LogP contribution < -0.4 is 0 Å². The molecule has 9 unspecified atom stereocenters. The zero-order chi connectivity index (χ0) is 27.2. The molecule has 3 heterocycles. The zero-order valence-corrected chi connectivity index (χ0v) is 22.7. The fourth-order valence-electron chi connectivity index (χ4n) is 8.62. The number of carbonyl (C=O) groups is 4. The van der Waals surface area contributed by atoms with Crippen LogP contribution in [0.1, 0.15) is 72.0 Å². The van der Waals surface area contributed by atoms with Gasteiger partial charge in [0.25, 0.3) is 0 Å². The molecule has 8 nitrogen and oxygen atoms in total. The van der Waals surface area contributed by atoms with Crippen molar-refractivity contribution >= 4 is 23.7 Å². The molecule has 2 saturated heterocycles. The molecular weight excluding hydrogens is 488 g/mol. The van der Waals surface area contributed by atoms with Crippen molar-refractivity contribution in [1.82, 2.24) is 0 Å². The van der Waals surface area contributed by atoms with E-state index >= 15 is 0 Å². The number of rotatable bonds is 3. The van der Waals surface area contributed by atoms with Gasteiger partial charge in [0.1, 0.15) is 24.6 Å². The van der Waals surface area contributed by atoms with E-state index in [0.717, 1.165) is 24.0 Å². The van der Waals surface area contributed by atoms with Crippen LogP contribution in [0.4, 0.5) is 0 Å². The topological polar surface area (TPSA) is 109 Å². The normalized spacial score (nSPS) is 43.7. The lowest BCUT2D eigenvalue weighted by atomic mass is 9.40. The van der Waals surface area contributed by atoms with Crippen LogP contribution in [0.3, 0.4) is 0 Å². The summed E-state index contributed by atoms with van der Waals surface area (Å²) < 4.78 is 22.9. The number of ether oxygens (including phenoxy) is 3. The second-order valence-electron chi connectivity index (χ2n) is 13.1.